The molecule has 0 N–H and O–H groups in total. The third-order valence-electron chi connectivity index (χ3n) is 6.98. The van der Waals surface area contributed by atoms with Crippen molar-refractivity contribution in [2.24, 2.45) is 0 Å². The van der Waals surface area contributed by atoms with Gasteiger partial charge in [0.1, 0.15) is 5.75 Å². The van der Waals surface area contributed by atoms with Crippen molar-refractivity contribution < 1.29 is 18.6 Å². The van der Waals surface area contributed by atoms with Crippen molar-refractivity contribution in [2.45, 2.75) is 44.9 Å². The molecule has 0 atom stereocenters. The van der Waals surface area contributed by atoms with E-state index in [9.17, 15) is 0 Å². The zero-order valence-corrected chi connectivity index (χ0v) is 18.8. The van der Waals surface area contributed by atoms with Crippen LogP contribution in [0.3, 0.4) is 0 Å². The monoisotopic (exact) mass is 416 g/mol. The molecule has 4 heteroatoms. The zero-order chi connectivity index (χ0) is 21.5. The number of benzene rings is 2. The van der Waals surface area contributed by atoms with Gasteiger partial charge >= 0.3 is 0 Å². The van der Waals surface area contributed by atoms with E-state index in [1.165, 1.54) is 59.7 Å². The largest absolute Gasteiger partial charge is 0.496 e. The molecular formula is C27H30NO3+. The topological polar surface area (TPSA) is 31.8 Å². The van der Waals surface area contributed by atoms with Gasteiger partial charge in [-0.3, -0.25) is 0 Å². The molecule has 1 aliphatic carbocycles. The predicted molar refractivity (Wildman–Crippen MR) is 125 cm³/mol. The molecule has 0 amide bonds. The van der Waals surface area contributed by atoms with Crippen LogP contribution in [0.15, 0.2) is 42.6 Å². The fourth-order valence-corrected chi connectivity index (χ4v) is 5.29. The van der Waals surface area contributed by atoms with Crippen LogP contribution in [-0.4, -0.2) is 21.3 Å². The molecule has 0 bridgehead atoms. The lowest BCUT2D eigenvalue weighted by Crippen LogP contribution is -2.25. The highest BCUT2D eigenvalue weighted by Gasteiger charge is 2.23. The van der Waals surface area contributed by atoms with Gasteiger partial charge in [-0.2, -0.15) is 4.40 Å². The van der Waals surface area contributed by atoms with E-state index in [0.29, 0.717) is 5.92 Å². The van der Waals surface area contributed by atoms with Gasteiger partial charge in [0.15, 0.2) is 23.4 Å². The average Bonchev–Trinajstić information content (AvgIpc) is 2.83. The number of aryl methyl sites for hydroxylation is 1. The Morgan fingerprint density at radius 2 is 1.42 bits per heavy atom. The minimum atomic E-state index is 0.583. The van der Waals surface area contributed by atoms with Gasteiger partial charge in [-0.05, 0) is 59.4 Å². The van der Waals surface area contributed by atoms with Crippen LogP contribution in [0, 0.1) is 6.92 Å². The molecule has 1 saturated carbocycles. The quantitative estimate of drug-likeness (QED) is 0.228. The summed E-state index contributed by atoms with van der Waals surface area (Å²) in [5.41, 5.74) is 3.74. The van der Waals surface area contributed by atoms with E-state index in [1.807, 2.05) is 0 Å². The van der Waals surface area contributed by atoms with Crippen molar-refractivity contribution in [3.8, 4) is 17.2 Å². The average molecular weight is 417 g/mol. The molecule has 0 radical (unpaired) electrons. The third-order valence-corrected chi connectivity index (χ3v) is 6.98. The summed E-state index contributed by atoms with van der Waals surface area (Å²) in [4.78, 5) is 0. The SMILES string of the molecule is COc1cc2cc3c4cc(C5CCCCC5)c(OC)cc4cc[n+]3c(C)c2cc1OC. The fraction of sp³-hybridized carbons (Fsp3) is 0.370. The number of nitrogens with zero attached hydrogens (tertiary/aromatic N) is 1. The molecule has 2 heterocycles. The van der Waals surface area contributed by atoms with Crippen LogP contribution >= 0.6 is 0 Å². The number of pyridine rings is 2. The molecule has 31 heavy (non-hydrogen) atoms. The summed E-state index contributed by atoms with van der Waals surface area (Å²) in [6.07, 6.45) is 8.62. The summed E-state index contributed by atoms with van der Waals surface area (Å²) in [6, 6.07) is 13.2. The normalized spacial score (nSPS) is 15.0. The molecular weight excluding hydrogens is 386 g/mol. The fourth-order valence-electron chi connectivity index (χ4n) is 5.29. The maximum atomic E-state index is 5.83. The number of hydrogen-bond acceptors (Lipinski definition) is 3. The van der Waals surface area contributed by atoms with Gasteiger partial charge < -0.3 is 14.2 Å². The van der Waals surface area contributed by atoms with E-state index in [4.69, 9.17) is 14.2 Å². The predicted octanol–water partition coefficient (Wildman–Crippen LogP) is 6.11. The van der Waals surface area contributed by atoms with Crippen molar-refractivity contribution in [1.29, 1.82) is 0 Å². The molecule has 4 nitrogen and oxygen atoms in total. The molecule has 0 unspecified atom stereocenters. The Hall–Kier alpha value is -3.01. The molecule has 2 aromatic carbocycles. The standard InChI is InChI=1S/C27H30NO3/c1-17-21-16-27(31-4)26(30-3)14-20(21)12-24-22-15-23(18-8-6-5-7-9-18)25(29-2)13-19(22)10-11-28(17)24/h10-16,18H,5-9H2,1-4H3/q+1. The van der Waals surface area contributed by atoms with Gasteiger partial charge in [0, 0.05) is 19.1 Å². The lowest BCUT2D eigenvalue weighted by Gasteiger charge is -2.24. The first-order chi connectivity index (χ1) is 15.1. The highest BCUT2D eigenvalue weighted by atomic mass is 16.5. The van der Waals surface area contributed by atoms with E-state index in [2.05, 4.69) is 53.9 Å². The van der Waals surface area contributed by atoms with E-state index in [-0.39, 0.29) is 0 Å². The van der Waals surface area contributed by atoms with Gasteiger partial charge in [-0.25, -0.2) is 0 Å². The van der Waals surface area contributed by atoms with Crippen LogP contribution in [0.2, 0.25) is 0 Å². The van der Waals surface area contributed by atoms with Crippen LogP contribution < -0.4 is 18.6 Å². The summed E-state index contributed by atoms with van der Waals surface area (Å²) in [5, 5.41) is 4.78. The van der Waals surface area contributed by atoms with E-state index in [1.54, 1.807) is 21.3 Å². The number of aromatic nitrogens is 1. The molecule has 2 aromatic heterocycles. The third kappa shape index (κ3) is 3.25. The zero-order valence-electron chi connectivity index (χ0n) is 18.8. The molecule has 160 valence electrons. The maximum Gasteiger partial charge on any atom is 0.219 e. The number of methoxy groups -OCH3 is 3. The minimum Gasteiger partial charge on any atom is -0.496 e. The van der Waals surface area contributed by atoms with Gasteiger partial charge in [0.05, 0.1) is 32.1 Å². The van der Waals surface area contributed by atoms with Crippen molar-refractivity contribution in [2.75, 3.05) is 21.3 Å². The van der Waals surface area contributed by atoms with Crippen molar-refractivity contribution >= 4 is 27.1 Å². The van der Waals surface area contributed by atoms with E-state index < -0.39 is 0 Å². The van der Waals surface area contributed by atoms with Gasteiger partial charge in [0.2, 0.25) is 5.52 Å². The van der Waals surface area contributed by atoms with E-state index in [0.717, 1.165) is 28.0 Å². The molecule has 0 saturated heterocycles. The Bertz CT molecular complexity index is 1290. The van der Waals surface area contributed by atoms with Gasteiger partial charge in [-0.15, -0.1) is 0 Å². The lowest BCUT2D eigenvalue weighted by molar-refractivity contribution is -0.516. The highest BCUT2D eigenvalue weighted by molar-refractivity contribution is 5.99. The second kappa shape index (κ2) is 7.92. The number of fused-ring (bicyclic) bond motifs is 4. The number of ether oxygens (including phenoxy) is 3. The van der Waals surface area contributed by atoms with Crippen molar-refractivity contribution in [3.05, 3.63) is 53.9 Å². The molecule has 0 spiro atoms. The summed E-state index contributed by atoms with van der Waals surface area (Å²) < 4.78 is 19.2. The maximum absolute atomic E-state index is 5.83. The van der Waals surface area contributed by atoms with Crippen molar-refractivity contribution in [1.82, 2.24) is 0 Å². The van der Waals surface area contributed by atoms with E-state index >= 15 is 0 Å². The van der Waals surface area contributed by atoms with Crippen molar-refractivity contribution in [3.63, 3.8) is 0 Å². The number of hydrogen-bond donors (Lipinski definition) is 0. The summed E-state index contributed by atoms with van der Waals surface area (Å²) in [5.74, 6) is 3.11. The van der Waals surface area contributed by atoms with Crippen LogP contribution in [0.25, 0.3) is 27.1 Å². The summed E-state index contributed by atoms with van der Waals surface area (Å²) in [7, 11) is 5.16. The minimum absolute atomic E-state index is 0.583. The summed E-state index contributed by atoms with van der Waals surface area (Å²) in [6.45, 7) is 2.17. The van der Waals surface area contributed by atoms with Gasteiger partial charge in [-0.1, -0.05) is 19.3 Å². The molecule has 1 aliphatic rings. The Kier molecular flexibility index (Phi) is 5.09. The molecule has 4 aromatic rings. The summed E-state index contributed by atoms with van der Waals surface area (Å²) >= 11 is 0. The first-order valence-corrected chi connectivity index (χ1v) is 11.2. The Balaban J connectivity index is 1.81. The number of rotatable bonds is 4. The lowest BCUT2D eigenvalue weighted by atomic mass is 9.83. The molecule has 1 fully saturated rings. The second-order valence-corrected chi connectivity index (χ2v) is 8.61. The second-order valence-electron chi connectivity index (χ2n) is 8.61. The Morgan fingerprint density at radius 1 is 0.742 bits per heavy atom. The van der Waals surface area contributed by atoms with Crippen LogP contribution in [-0.2, 0) is 0 Å². The van der Waals surface area contributed by atoms with Crippen LogP contribution in [0.5, 0.6) is 17.2 Å². The van der Waals surface area contributed by atoms with Crippen LogP contribution in [0.4, 0.5) is 0 Å². The molecule has 0 aliphatic heterocycles. The first-order valence-electron chi connectivity index (χ1n) is 11.2. The Morgan fingerprint density at radius 3 is 2.13 bits per heavy atom. The highest BCUT2D eigenvalue weighted by Crippen LogP contribution is 2.40. The molecule has 5 rings (SSSR count). The first kappa shape index (κ1) is 19.9. The smallest absolute Gasteiger partial charge is 0.219 e. The van der Waals surface area contributed by atoms with Gasteiger partial charge in [0.25, 0.3) is 0 Å². The van der Waals surface area contributed by atoms with Crippen LogP contribution in [0.1, 0.15) is 49.3 Å². The Labute approximate surface area is 183 Å².